The van der Waals surface area contributed by atoms with Crippen LogP contribution in [-0.2, 0) is 13.5 Å². The van der Waals surface area contributed by atoms with E-state index in [0.717, 1.165) is 21.4 Å². The summed E-state index contributed by atoms with van der Waals surface area (Å²) in [6.07, 6.45) is 6.26. The predicted molar refractivity (Wildman–Crippen MR) is 109 cm³/mol. The maximum Gasteiger partial charge on any atom is 0.252 e. The topological polar surface area (TPSA) is 94.4 Å². The third kappa shape index (κ3) is 3.17. The van der Waals surface area contributed by atoms with Gasteiger partial charge in [-0.2, -0.15) is 5.10 Å². The summed E-state index contributed by atoms with van der Waals surface area (Å²) >= 11 is 1.55. The van der Waals surface area contributed by atoms with Crippen molar-refractivity contribution in [2.24, 2.45) is 7.05 Å². The maximum atomic E-state index is 12.6. The summed E-state index contributed by atoms with van der Waals surface area (Å²) in [6, 6.07) is 7.47. The van der Waals surface area contributed by atoms with Crippen LogP contribution >= 0.6 is 11.3 Å². The minimum atomic E-state index is -0.145. The van der Waals surface area contributed by atoms with Gasteiger partial charge in [-0.15, -0.1) is 10.2 Å². The van der Waals surface area contributed by atoms with Crippen LogP contribution in [0.1, 0.15) is 21.1 Å². The highest BCUT2D eigenvalue weighted by Gasteiger charge is 2.14. The van der Waals surface area contributed by atoms with Crippen LogP contribution in [0.15, 0.2) is 42.9 Å². The van der Waals surface area contributed by atoms with Crippen LogP contribution in [0.4, 0.5) is 0 Å². The van der Waals surface area contributed by atoms with E-state index in [0.29, 0.717) is 30.0 Å². The first-order valence-corrected chi connectivity index (χ1v) is 9.96. The number of hydrogen-bond donors (Lipinski definition) is 1. The summed E-state index contributed by atoms with van der Waals surface area (Å²) in [5.74, 6) is 0.552. The molecule has 0 saturated carbocycles. The number of rotatable bonds is 5. The quantitative estimate of drug-likeness (QED) is 0.482. The Hall–Kier alpha value is -3.53. The zero-order chi connectivity index (χ0) is 20.0. The lowest BCUT2D eigenvalue weighted by atomic mass is 10.2. The number of hydrogen-bond acceptors (Lipinski definition) is 6. The molecule has 9 nitrogen and oxygen atoms in total. The molecule has 5 aromatic heterocycles. The average Bonchev–Trinajstić information content (AvgIpc) is 3.44. The molecule has 0 spiro atoms. The molecule has 29 heavy (non-hydrogen) atoms. The zero-order valence-electron chi connectivity index (χ0n) is 15.9. The summed E-state index contributed by atoms with van der Waals surface area (Å²) in [5, 5.41) is 16.7. The molecule has 0 aliphatic carbocycles. The first-order chi connectivity index (χ1) is 14.1. The molecule has 0 saturated heterocycles. The molecule has 0 radical (unpaired) electrons. The summed E-state index contributed by atoms with van der Waals surface area (Å²) in [6.45, 7) is 2.45. The Balaban J connectivity index is 1.31. The summed E-state index contributed by atoms with van der Waals surface area (Å²) in [7, 11) is 1.95. The van der Waals surface area contributed by atoms with Crippen molar-refractivity contribution in [2.45, 2.75) is 13.3 Å². The molecular weight excluding hydrogens is 388 g/mol. The fourth-order valence-corrected chi connectivity index (χ4v) is 4.01. The molecule has 1 N–H and O–H groups in total. The molecule has 0 aliphatic rings. The van der Waals surface area contributed by atoms with E-state index in [9.17, 15) is 4.79 Å². The number of fused-ring (bicyclic) bond motifs is 2. The lowest BCUT2D eigenvalue weighted by molar-refractivity contribution is 0.0953. The normalized spacial score (nSPS) is 11.5. The molecular formula is C19H18N8OS. The van der Waals surface area contributed by atoms with Crippen LogP contribution in [0.25, 0.3) is 22.1 Å². The molecule has 5 heterocycles. The molecule has 5 rings (SSSR count). The molecule has 0 atom stereocenters. The van der Waals surface area contributed by atoms with Gasteiger partial charge in [-0.05, 0) is 31.2 Å². The third-order valence-electron chi connectivity index (χ3n) is 4.70. The Morgan fingerprint density at radius 3 is 2.90 bits per heavy atom. The van der Waals surface area contributed by atoms with Gasteiger partial charge < -0.3 is 9.88 Å². The van der Waals surface area contributed by atoms with E-state index in [1.54, 1.807) is 34.2 Å². The largest absolute Gasteiger partial charge is 0.352 e. The number of carbonyl (C=O) groups is 1. The minimum Gasteiger partial charge on any atom is -0.352 e. The number of amides is 1. The van der Waals surface area contributed by atoms with Crippen molar-refractivity contribution >= 4 is 27.9 Å². The van der Waals surface area contributed by atoms with Gasteiger partial charge in [0.05, 0.1) is 23.1 Å². The second-order valence-corrected chi connectivity index (χ2v) is 7.92. The fraction of sp³-hybridized carbons (Fsp3) is 0.211. The molecule has 0 unspecified atom stereocenters. The Bertz CT molecular complexity index is 1310. The van der Waals surface area contributed by atoms with E-state index < -0.39 is 0 Å². The Labute approximate surface area is 169 Å². The number of nitrogens with zero attached hydrogens (tertiary/aromatic N) is 7. The van der Waals surface area contributed by atoms with Gasteiger partial charge in [0.1, 0.15) is 5.01 Å². The van der Waals surface area contributed by atoms with Crippen LogP contribution in [0.5, 0.6) is 0 Å². The van der Waals surface area contributed by atoms with Crippen LogP contribution in [0.3, 0.4) is 0 Å². The number of aryl methyl sites for hydroxylation is 2. The van der Waals surface area contributed by atoms with Gasteiger partial charge in [0, 0.05) is 32.4 Å². The predicted octanol–water partition coefficient (Wildman–Crippen LogP) is 2.12. The van der Waals surface area contributed by atoms with Gasteiger partial charge in [-0.3, -0.25) is 9.20 Å². The number of aromatic nitrogens is 7. The molecule has 10 heteroatoms. The van der Waals surface area contributed by atoms with Crippen molar-refractivity contribution in [3.05, 3.63) is 59.1 Å². The molecule has 5 aromatic rings. The Morgan fingerprint density at radius 2 is 2.10 bits per heavy atom. The lowest BCUT2D eigenvalue weighted by Crippen LogP contribution is -2.26. The van der Waals surface area contributed by atoms with E-state index in [1.165, 1.54) is 0 Å². The van der Waals surface area contributed by atoms with E-state index in [4.69, 9.17) is 0 Å². The van der Waals surface area contributed by atoms with Crippen LogP contribution in [0.2, 0.25) is 0 Å². The Kier molecular flexibility index (Phi) is 4.13. The van der Waals surface area contributed by atoms with Crippen molar-refractivity contribution in [2.75, 3.05) is 6.54 Å². The molecule has 1 amide bonds. The second-order valence-electron chi connectivity index (χ2n) is 6.76. The number of carbonyl (C=O) groups excluding carboxylic acids is 1. The molecule has 0 aliphatic heterocycles. The fourth-order valence-electron chi connectivity index (χ4n) is 3.26. The van der Waals surface area contributed by atoms with Crippen molar-refractivity contribution in [3.8, 4) is 11.5 Å². The summed E-state index contributed by atoms with van der Waals surface area (Å²) < 4.78 is 5.58. The van der Waals surface area contributed by atoms with Crippen molar-refractivity contribution < 1.29 is 4.79 Å². The highest BCUT2D eigenvalue weighted by Crippen LogP contribution is 2.19. The van der Waals surface area contributed by atoms with Gasteiger partial charge in [-0.25, -0.2) is 9.50 Å². The van der Waals surface area contributed by atoms with Crippen LogP contribution in [0, 0.1) is 6.92 Å². The van der Waals surface area contributed by atoms with Crippen LogP contribution < -0.4 is 5.32 Å². The van der Waals surface area contributed by atoms with E-state index in [2.05, 4.69) is 25.6 Å². The van der Waals surface area contributed by atoms with Crippen molar-refractivity contribution in [1.29, 1.82) is 0 Å². The average molecular weight is 406 g/mol. The number of imidazole rings is 1. The van der Waals surface area contributed by atoms with Crippen molar-refractivity contribution in [3.63, 3.8) is 0 Å². The maximum absolute atomic E-state index is 12.6. The van der Waals surface area contributed by atoms with Gasteiger partial charge in [-0.1, -0.05) is 11.3 Å². The van der Waals surface area contributed by atoms with E-state index in [-0.39, 0.29) is 5.91 Å². The van der Waals surface area contributed by atoms with Crippen molar-refractivity contribution in [1.82, 2.24) is 39.1 Å². The lowest BCUT2D eigenvalue weighted by Gasteiger charge is -2.06. The summed E-state index contributed by atoms with van der Waals surface area (Å²) in [5.41, 5.74) is 3.08. The molecule has 0 aromatic carbocycles. The van der Waals surface area contributed by atoms with E-state index in [1.807, 2.05) is 47.5 Å². The highest BCUT2D eigenvalue weighted by atomic mass is 32.1. The Morgan fingerprint density at radius 1 is 1.21 bits per heavy atom. The van der Waals surface area contributed by atoms with Gasteiger partial charge in [0.2, 0.25) is 4.96 Å². The van der Waals surface area contributed by atoms with Gasteiger partial charge >= 0.3 is 0 Å². The standard InChI is InChI=1S/C19H18N8OS/c1-12-24-27-11-14(21-19(27)29-12)7-8-20-18(28)13-5-6-16-22-23-17(26(16)10-13)15-4-3-9-25(15)2/h3-6,9-11H,7-8H2,1-2H3,(H,20,28). The summed E-state index contributed by atoms with van der Waals surface area (Å²) in [4.78, 5) is 18.0. The monoisotopic (exact) mass is 406 g/mol. The smallest absolute Gasteiger partial charge is 0.252 e. The molecule has 0 bridgehead atoms. The first kappa shape index (κ1) is 17.6. The first-order valence-electron chi connectivity index (χ1n) is 9.15. The van der Waals surface area contributed by atoms with Crippen LogP contribution in [-0.4, -0.2) is 46.2 Å². The van der Waals surface area contributed by atoms with Gasteiger partial charge in [0.25, 0.3) is 5.91 Å². The van der Waals surface area contributed by atoms with Gasteiger partial charge in [0.15, 0.2) is 11.5 Å². The number of nitrogens with one attached hydrogen (secondary N) is 1. The minimum absolute atomic E-state index is 0.145. The zero-order valence-corrected chi connectivity index (χ0v) is 16.7. The SMILES string of the molecule is Cc1nn2cc(CCNC(=O)c3ccc4nnc(-c5cccn5C)n4c3)nc2s1. The van der Waals surface area contributed by atoms with E-state index >= 15 is 0 Å². The molecule has 0 fully saturated rings. The highest BCUT2D eigenvalue weighted by molar-refractivity contribution is 7.16. The molecule has 146 valence electrons. The third-order valence-corrected chi connectivity index (χ3v) is 5.54. The second kappa shape index (κ2) is 6.82. The number of pyridine rings is 1.